The van der Waals surface area contributed by atoms with Gasteiger partial charge in [0.15, 0.2) is 0 Å². The zero-order valence-electron chi connectivity index (χ0n) is 12.1. The van der Waals surface area contributed by atoms with Crippen molar-refractivity contribution in [3.05, 3.63) is 0 Å². The van der Waals surface area contributed by atoms with Gasteiger partial charge in [0.1, 0.15) is 6.54 Å². The lowest BCUT2D eigenvalue weighted by Gasteiger charge is -2.34. The Morgan fingerprint density at radius 3 is 2.16 bits per heavy atom. The second kappa shape index (κ2) is 6.22. The third-order valence-electron chi connectivity index (χ3n) is 3.53. The molecule has 1 rings (SSSR count). The molecule has 1 N–H and O–H groups in total. The Balaban J connectivity index is 2.83. The van der Waals surface area contributed by atoms with E-state index in [9.17, 15) is 13.2 Å². The predicted molar refractivity (Wildman–Crippen MR) is 74.5 cm³/mol. The van der Waals surface area contributed by atoms with Crippen LogP contribution in [0.3, 0.4) is 0 Å². The summed E-state index contributed by atoms with van der Waals surface area (Å²) in [5.41, 5.74) is -0.702. The lowest BCUT2D eigenvalue weighted by molar-refractivity contribution is -0.138. The Kier molecular flexibility index (Phi) is 5.38. The molecule has 0 aromatic heterocycles. The molecule has 0 heterocycles. The SMILES string of the molecule is CC(C)(C)N(CC(=O)O)S(=O)(=O)CC1CCCCC1. The van der Waals surface area contributed by atoms with Gasteiger partial charge >= 0.3 is 5.97 Å². The molecule has 1 fully saturated rings. The molecule has 1 aliphatic carbocycles. The van der Waals surface area contributed by atoms with Crippen molar-refractivity contribution in [1.29, 1.82) is 0 Å². The number of aliphatic carboxylic acids is 1. The molecule has 5 nitrogen and oxygen atoms in total. The van der Waals surface area contributed by atoms with Crippen LogP contribution in [0.15, 0.2) is 0 Å². The van der Waals surface area contributed by atoms with Crippen molar-refractivity contribution < 1.29 is 18.3 Å². The molecule has 0 spiro atoms. The summed E-state index contributed by atoms with van der Waals surface area (Å²) < 4.78 is 26.0. The van der Waals surface area contributed by atoms with Crippen LogP contribution >= 0.6 is 0 Å². The van der Waals surface area contributed by atoms with Crippen LogP contribution < -0.4 is 0 Å². The predicted octanol–water partition coefficient (Wildman–Crippen LogP) is 2.08. The highest BCUT2D eigenvalue weighted by Gasteiger charge is 2.36. The van der Waals surface area contributed by atoms with Crippen molar-refractivity contribution in [2.75, 3.05) is 12.3 Å². The summed E-state index contributed by atoms with van der Waals surface area (Å²) in [4.78, 5) is 10.9. The fraction of sp³-hybridized carbons (Fsp3) is 0.923. The minimum atomic E-state index is -3.52. The summed E-state index contributed by atoms with van der Waals surface area (Å²) in [6, 6.07) is 0. The minimum Gasteiger partial charge on any atom is -0.480 e. The van der Waals surface area contributed by atoms with Crippen LogP contribution in [0.5, 0.6) is 0 Å². The minimum absolute atomic E-state index is 0.0809. The maximum Gasteiger partial charge on any atom is 0.318 e. The number of hydrogen-bond acceptors (Lipinski definition) is 3. The van der Waals surface area contributed by atoms with Gasteiger partial charge in [-0.1, -0.05) is 19.3 Å². The number of carboxylic acid groups (broad SMARTS) is 1. The van der Waals surface area contributed by atoms with Crippen molar-refractivity contribution in [2.45, 2.75) is 58.4 Å². The highest BCUT2D eigenvalue weighted by molar-refractivity contribution is 7.89. The normalized spacial score (nSPS) is 18.7. The summed E-state index contributed by atoms with van der Waals surface area (Å²) in [7, 11) is -3.52. The lowest BCUT2D eigenvalue weighted by Crippen LogP contribution is -2.49. The lowest BCUT2D eigenvalue weighted by atomic mass is 9.91. The fourth-order valence-corrected chi connectivity index (χ4v) is 4.87. The topological polar surface area (TPSA) is 74.7 Å². The molecular formula is C13H25NO4S. The van der Waals surface area contributed by atoms with E-state index in [-0.39, 0.29) is 11.7 Å². The zero-order chi connectivity index (χ0) is 14.7. The maximum atomic E-state index is 12.4. The number of rotatable bonds is 5. The van der Waals surface area contributed by atoms with Crippen LogP contribution in [0.25, 0.3) is 0 Å². The maximum absolute atomic E-state index is 12.4. The molecule has 0 aromatic rings. The van der Waals surface area contributed by atoms with E-state index in [0.29, 0.717) is 0 Å². The molecule has 0 atom stereocenters. The number of hydrogen-bond donors (Lipinski definition) is 1. The highest BCUT2D eigenvalue weighted by atomic mass is 32.2. The summed E-state index contributed by atoms with van der Waals surface area (Å²) in [6.07, 6.45) is 5.20. The molecular weight excluding hydrogens is 266 g/mol. The molecule has 112 valence electrons. The molecule has 0 unspecified atom stereocenters. The molecule has 1 saturated carbocycles. The van der Waals surface area contributed by atoms with E-state index >= 15 is 0 Å². The van der Waals surface area contributed by atoms with E-state index in [1.54, 1.807) is 20.8 Å². The molecule has 0 radical (unpaired) electrons. The van der Waals surface area contributed by atoms with Crippen LogP contribution in [-0.4, -0.2) is 41.6 Å². The Bertz CT molecular complexity index is 405. The van der Waals surface area contributed by atoms with Gasteiger partial charge in [0.2, 0.25) is 10.0 Å². The summed E-state index contributed by atoms with van der Waals surface area (Å²) in [5.74, 6) is -0.850. The van der Waals surface area contributed by atoms with Crippen LogP contribution in [0.4, 0.5) is 0 Å². The first-order valence-electron chi connectivity index (χ1n) is 6.85. The third kappa shape index (κ3) is 5.10. The van der Waals surface area contributed by atoms with Gasteiger partial charge < -0.3 is 5.11 Å². The molecule has 19 heavy (non-hydrogen) atoms. The van der Waals surface area contributed by atoms with Crippen molar-refractivity contribution >= 4 is 16.0 Å². The van der Waals surface area contributed by atoms with E-state index in [4.69, 9.17) is 5.11 Å². The van der Waals surface area contributed by atoms with Gasteiger partial charge in [-0.2, -0.15) is 4.31 Å². The highest BCUT2D eigenvalue weighted by Crippen LogP contribution is 2.27. The van der Waals surface area contributed by atoms with Crippen LogP contribution in [0, 0.1) is 5.92 Å². The molecule has 0 amide bonds. The smallest absolute Gasteiger partial charge is 0.318 e. The number of carbonyl (C=O) groups is 1. The molecule has 0 aliphatic heterocycles. The van der Waals surface area contributed by atoms with Gasteiger partial charge in [0.25, 0.3) is 0 Å². The molecule has 6 heteroatoms. The van der Waals surface area contributed by atoms with Gasteiger partial charge in [-0.15, -0.1) is 0 Å². The molecule has 0 aromatic carbocycles. The van der Waals surface area contributed by atoms with Crippen LogP contribution in [-0.2, 0) is 14.8 Å². The largest absolute Gasteiger partial charge is 0.480 e. The van der Waals surface area contributed by atoms with E-state index in [0.717, 1.165) is 30.0 Å². The first kappa shape index (κ1) is 16.4. The second-order valence-corrected chi connectivity index (χ2v) is 8.29. The van der Waals surface area contributed by atoms with E-state index in [1.165, 1.54) is 6.42 Å². The summed E-state index contributed by atoms with van der Waals surface area (Å²) in [6.45, 7) is 4.73. The van der Waals surface area contributed by atoms with Gasteiger partial charge in [-0.3, -0.25) is 4.79 Å². The Labute approximate surface area is 116 Å². The Hall–Kier alpha value is -0.620. The van der Waals surface area contributed by atoms with Gasteiger partial charge in [-0.25, -0.2) is 8.42 Å². The van der Waals surface area contributed by atoms with Crippen molar-refractivity contribution in [1.82, 2.24) is 4.31 Å². The number of sulfonamides is 1. The average molecular weight is 291 g/mol. The number of nitrogens with zero attached hydrogens (tertiary/aromatic N) is 1. The van der Waals surface area contributed by atoms with Crippen LogP contribution in [0.1, 0.15) is 52.9 Å². The van der Waals surface area contributed by atoms with Gasteiger partial charge in [0.05, 0.1) is 5.75 Å². The molecule has 1 aliphatic rings. The van der Waals surface area contributed by atoms with Crippen molar-refractivity contribution in [2.24, 2.45) is 5.92 Å². The second-order valence-electron chi connectivity index (χ2n) is 6.35. The zero-order valence-corrected chi connectivity index (χ0v) is 12.9. The monoisotopic (exact) mass is 291 g/mol. The van der Waals surface area contributed by atoms with E-state index in [1.807, 2.05) is 0 Å². The number of carboxylic acids is 1. The first-order chi connectivity index (χ1) is 8.63. The first-order valence-corrected chi connectivity index (χ1v) is 8.46. The fourth-order valence-electron chi connectivity index (χ4n) is 2.62. The third-order valence-corrected chi connectivity index (χ3v) is 5.77. The van der Waals surface area contributed by atoms with Gasteiger partial charge in [0, 0.05) is 5.54 Å². The van der Waals surface area contributed by atoms with Crippen molar-refractivity contribution in [3.8, 4) is 0 Å². The Morgan fingerprint density at radius 1 is 1.21 bits per heavy atom. The Morgan fingerprint density at radius 2 is 1.74 bits per heavy atom. The summed E-state index contributed by atoms with van der Waals surface area (Å²) >= 11 is 0. The van der Waals surface area contributed by atoms with Crippen LogP contribution in [0.2, 0.25) is 0 Å². The average Bonchev–Trinajstić information content (AvgIpc) is 2.25. The quantitative estimate of drug-likeness (QED) is 0.841. The molecule has 0 bridgehead atoms. The van der Waals surface area contributed by atoms with E-state index in [2.05, 4.69) is 0 Å². The summed E-state index contributed by atoms with van der Waals surface area (Å²) in [5, 5.41) is 8.91. The molecule has 0 saturated heterocycles. The van der Waals surface area contributed by atoms with Gasteiger partial charge in [-0.05, 0) is 39.5 Å². The van der Waals surface area contributed by atoms with Crippen molar-refractivity contribution in [3.63, 3.8) is 0 Å². The standard InChI is InChI=1S/C13H25NO4S/c1-13(2,3)14(9-12(15)16)19(17,18)10-11-7-5-4-6-8-11/h11H,4-10H2,1-3H3,(H,15,16). The van der Waals surface area contributed by atoms with E-state index < -0.39 is 28.1 Å².